The molecule has 0 spiro atoms. The van der Waals surface area contributed by atoms with Crippen molar-refractivity contribution < 1.29 is 50.5 Å². The number of amides is 2. The fraction of sp³-hybridized carbons (Fsp3) is 0.833. The van der Waals surface area contributed by atoms with Crippen molar-refractivity contribution in [3.8, 4) is 0 Å². The first-order valence-electron chi connectivity index (χ1n) is 12.7. The monoisotopic (exact) mass is 675 g/mol. The smallest absolute Gasteiger partial charge is 0.549 e. The summed E-state index contributed by atoms with van der Waals surface area (Å²) in [4.78, 5) is 48.9. The van der Waals surface area contributed by atoms with Crippen molar-refractivity contribution in [3.63, 3.8) is 0 Å². The fourth-order valence-electron chi connectivity index (χ4n) is 4.68. The summed E-state index contributed by atoms with van der Waals surface area (Å²) in [5.41, 5.74) is 9.24. The molecule has 3 fully saturated rings. The van der Waals surface area contributed by atoms with E-state index in [2.05, 4.69) is 0 Å². The SMILES string of the molecule is N[C@@H]1CCCC[C@H]1N.O=C(CCCCCCC(=O)N1CC(C(=O)[O-])(C(=O)[O-])C1)N1CCCCC1.[Pt+2]. The predicted octanol–water partition coefficient (Wildman–Crippen LogP) is -1.12. The summed E-state index contributed by atoms with van der Waals surface area (Å²) < 4.78 is 0. The Morgan fingerprint density at radius 1 is 0.686 bits per heavy atom. The normalized spacial score (nSPS) is 23.1. The van der Waals surface area contributed by atoms with Crippen LogP contribution in [0.3, 0.4) is 0 Å². The molecule has 0 radical (unpaired) electrons. The molecule has 2 aliphatic heterocycles. The number of nitrogens with two attached hydrogens (primary N) is 2. The van der Waals surface area contributed by atoms with Crippen molar-refractivity contribution in [2.24, 2.45) is 16.9 Å². The Hall–Kier alpha value is -1.51. The molecule has 10 nitrogen and oxygen atoms in total. The van der Waals surface area contributed by atoms with E-state index in [1.165, 1.54) is 24.2 Å². The van der Waals surface area contributed by atoms with Gasteiger partial charge in [-0.3, -0.25) is 9.59 Å². The molecule has 2 heterocycles. The first kappa shape index (κ1) is 31.5. The molecule has 2 amide bonds. The standard InChI is InChI=1S/C18H28N2O6.C6H14N2.Pt/c21-14(19-10-6-3-7-11-19)8-4-1-2-5-9-15(22)20-12-18(13-20,16(23)24)17(25)26;7-5-3-1-2-4-6(5)8;/h1-13H2,(H,23,24)(H,25,26);5-6H,1-4,7-8H2;/q;;+2/p-2/t;5-,6-;/m.1./s1. The Kier molecular flexibility index (Phi) is 14.0. The Bertz CT molecular complexity index is 684. The van der Waals surface area contributed by atoms with Crippen molar-refractivity contribution in [1.82, 2.24) is 9.80 Å². The topological polar surface area (TPSA) is 173 Å². The van der Waals surface area contributed by atoms with E-state index >= 15 is 0 Å². The number of carboxylic acids is 2. The summed E-state index contributed by atoms with van der Waals surface area (Å²) in [5, 5.41) is 21.8. The summed E-state index contributed by atoms with van der Waals surface area (Å²) in [5.74, 6) is -3.46. The molecule has 1 aliphatic carbocycles. The van der Waals surface area contributed by atoms with E-state index in [-0.39, 0.29) is 64.5 Å². The number of likely N-dealkylation sites (tertiary alicyclic amines) is 2. The third-order valence-corrected chi connectivity index (χ3v) is 7.17. The number of carbonyl (C=O) groups is 4. The molecule has 0 aromatic heterocycles. The zero-order chi connectivity index (χ0) is 25.1. The quantitative estimate of drug-likeness (QED) is 0.229. The second-order valence-corrected chi connectivity index (χ2v) is 9.87. The van der Waals surface area contributed by atoms with Crippen LogP contribution in [-0.2, 0) is 40.2 Å². The number of hydrogen-bond donors (Lipinski definition) is 2. The van der Waals surface area contributed by atoms with Gasteiger partial charge in [-0.25, -0.2) is 0 Å². The molecule has 0 unspecified atom stereocenters. The van der Waals surface area contributed by atoms with E-state index < -0.39 is 17.4 Å². The van der Waals surface area contributed by atoms with Crippen LogP contribution in [0.15, 0.2) is 0 Å². The van der Waals surface area contributed by atoms with E-state index in [9.17, 15) is 29.4 Å². The first-order chi connectivity index (χ1) is 16.2. The molecule has 0 aromatic rings. The average Bonchev–Trinajstić information content (AvgIpc) is 2.78. The summed E-state index contributed by atoms with van der Waals surface area (Å²) in [6, 6.07) is 0.562. The van der Waals surface area contributed by atoms with Crippen LogP contribution in [0.1, 0.15) is 83.5 Å². The molecule has 3 rings (SSSR count). The van der Waals surface area contributed by atoms with Gasteiger partial charge in [-0.15, -0.1) is 0 Å². The zero-order valence-electron chi connectivity index (χ0n) is 20.5. The van der Waals surface area contributed by atoms with Gasteiger partial charge in [0.25, 0.3) is 0 Å². The predicted molar refractivity (Wildman–Crippen MR) is 122 cm³/mol. The van der Waals surface area contributed by atoms with E-state index in [4.69, 9.17) is 11.5 Å². The van der Waals surface area contributed by atoms with Crippen LogP contribution in [0.5, 0.6) is 0 Å². The molecule has 35 heavy (non-hydrogen) atoms. The van der Waals surface area contributed by atoms with Crippen LogP contribution in [0, 0.1) is 5.41 Å². The number of unbranched alkanes of at least 4 members (excludes halogenated alkanes) is 3. The van der Waals surface area contributed by atoms with Gasteiger partial charge in [0.05, 0.1) is 17.4 Å². The minimum absolute atomic E-state index is 0. The third kappa shape index (κ3) is 9.46. The molecular formula is C24H40N4O6Pt. The van der Waals surface area contributed by atoms with Crippen LogP contribution in [0.2, 0.25) is 0 Å². The number of hydrogen-bond acceptors (Lipinski definition) is 8. The van der Waals surface area contributed by atoms with Gasteiger partial charge in [0.15, 0.2) is 0 Å². The van der Waals surface area contributed by atoms with Gasteiger partial charge in [0.1, 0.15) is 0 Å². The van der Waals surface area contributed by atoms with Crippen molar-refractivity contribution >= 4 is 23.8 Å². The number of nitrogens with zero attached hydrogens (tertiary/aromatic N) is 2. The van der Waals surface area contributed by atoms with Crippen LogP contribution in [-0.4, -0.2) is 71.8 Å². The van der Waals surface area contributed by atoms with Gasteiger partial charge in [-0.05, 0) is 44.9 Å². The Balaban J connectivity index is 0.000000577. The zero-order valence-corrected chi connectivity index (χ0v) is 22.8. The molecule has 3 aliphatic rings. The minimum Gasteiger partial charge on any atom is -0.549 e. The molecule has 1 saturated carbocycles. The molecule has 2 saturated heterocycles. The largest absolute Gasteiger partial charge is 2.00 e. The Morgan fingerprint density at radius 2 is 1.11 bits per heavy atom. The van der Waals surface area contributed by atoms with Gasteiger partial charge in [-0.1, -0.05) is 25.7 Å². The summed E-state index contributed by atoms with van der Waals surface area (Å²) in [7, 11) is 0. The van der Waals surface area contributed by atoms with Gasteiger partial charge in [0, 0.05) is 51.1 Å². The maximum Gasteiger partial charge on any atom is 2.00 e. The van der Waals surface area contributed by atoms with Crippen molar-refractivity contribution in [3.05, 3.63) is 0 Å². The molecule has 0 bridgehead atoms. The maximum absolute atomic E-state index is 12.0. The summed E-state index contributed by atoms with van der Waals surface area (Å²) in [6.45, 7) is 0.951. The number of aliphatic carboxylic acids is 2. The first-order valence-corrected chi connectivity index (χ1v) is 12.7. The number of rotatable bonds is 9. The minimum atomic E-state index is -2.07. The van der Waals surface area contributed by atoms with Gasteiger partial charge in [-0.2, -0.15) is 0 Å². The number of carboxylic acid groups (broad SMARTS) is 2. The Labute approximate surface area is 222 Å². The van der Waals surface area contributed by atoms with Gasteiger partial charge >= 0.3 is 21.1 Å². The van der Waals surface area contributed by atoms with Crippen molar-refractivity contribution in [1.29, 1.82) is 0 Å². The Morgan fingerprint density at radius 3 is 1.51 bits per heavy atom. The molecule has 202 valence electrons. The van der Waals surface area contributed by atoms with E-state index in [1.54, 1.807) is 0 Å². The third-order valence-electron chi connectivity index (χ3n) is 7.17. The molecule has 0 aromatic carbocycles. The molecule has 4 N–H and O–H groups in total. The average molecular weight is 676 g/mol. The van der Waals surface area contributed by atoms with Gasteiger partial charge in [0.2, 0.25) is 11.8 Å². The second kappa shape index (κ2) is 15.6. The second-order valence-electron chi connectivity index (χ2n) is 9.87. The van der Waals surface area contributed by atoms with Crippen LogP contribution in [0.4, 0.5) is 0 Å². The van der Waals surface area contributed by atoms with Crippen LogP contribution < -0.4 is 21.7 Å². The number of piperidine rings is 1. The molecular weight excluding hydrogens is 635 g/mol. The van der Waals surface area contributed by atoms with E-state index in [0.717, 1.165) is 58.0 Å². The van der Waals surface area contributed by atoms with Crippen LogP contribution >= 0.6 is 0 Å². The van der Waals surface area contributed by atoms with Crippen LogP contribution in [0.25, 0.3) is 0 Å². The van der Waals surface area contributed by atoms with Crippen molar-refractivity contribution in [2.45, 2.75) is 95.6 Å². The van der Waals surface area contributed by atoms with E-state index in [0.29, 0.717) is 12.8 Å². The van der Waals surface area contributed by atoms with E-state index in [1.807, 2.05) is 4.90 Å². The van der Waals surface area contributed by atoms with Gasteiger partial charge < -0.3 is 41.1 Å². The fourth-order valence-corrected chi connectivity index (χ4v) is 4.68. The molecule has 2 atom stereocenters. The maximum atomic E-state index is 12.0. The summed E-state index contributed by atoms with van der Waals surface area (Å²) >= 11 is 0. The van der Waals surface area contributed by atoms with Crippen molar-refractivity contribution in [2.75, 3.05) is 26.2 Å². The summed E-state index contributed by atoms with van der Waals surface area (Å²) in [6.07, 6.45) is 12.0. The molecule has 11 heteroatoms. The number of carbonyl (C=O) groups excluding carboxylic acids is 4.